The van der Waals surface area contributed by atoms with Crippen LogP contribution < -0.4 is 10.6 Å². The second-order valence-corrected chi connectivity index (χ2v) is 7.58. The Bertz CT molecular complexity index is 1500. The molecule has 176 valence electrons. The van der Waals surface area contributed by atoms with Gasteiger partial charge in [-0.05, 0) is 54.6 Å². The third-order valence-electron chi connectivity index (χ3n) is 4.83. The molecule has 0 unspecified atom stereocenters. The summed E-state index contributed by atoms with van der Waals surface area (Å²) < 4.78 is 46.8. The zero-order chi connectivity index (χ0) is 24.6. The minimum absolute atomic E-state index is 0.0786. The van der Waals surface area contributed by atoms with Crippen LogP contribution in [0.25, 0.3) is 17.1 Å². The van der Waals surface area contributed by atoms with E-state index in [2.05, 4.69) is 30.9 Å². The van der Waals surface area contributed by atoms with E-state index in [1.54, 1.807) is 36.4 Å². The Balaban J connectivity index is 1.42. The number of hydrogen-bond acceptors (Lipinski definition) is 7. The number of nitrogens with one attached hydrogen (secondary N) is 2. The minimum Gasteiger partial charge on any atom is -0.463 e. The third-order valence-corrected chi connectivity index (χ3v) is 5.03. The van der Waals surface area contributed by atoms with E-state index in [4.69, 9.17) is 16.0 Å². The van der Waals surface area contributed by atoms with Gasteiger partial charge in [-0.2, -0.15) is 18.3 Å². The maximum absolute atomic E-state index is 13.7. The molecule has 2 N–H and O–H groups in total. The van der Waals surface area contributed by atoms with Crippen LogP contribution in [0.3, 0.4) is 0 Å². The first kappa shape index (κ1) is 22.3. The fourth-order valence-corrected chi connectivity index (χ4v) is 3.34. The summed E-state index contributed by atoms with van der Waals surface area (Å²) in [6, 6.07) is 13.6. The Morgan fingerprint density at radius 3 is 2.46 bits per heavy atom. The van der Waals surface area contributed by atoms with E-state index in [0.29, 0.717) is 21.7 Å². The van der Waals surface area contributed by atoms with Gasteiger partial charge in [-0.25, -0.2) is 9.50 Å². The van der Waals surface area contributed by atoms with Crippen molar-refractivity contribution in [2.24, 2.45) is 0 Å². The van der Waals surface area contributed by atoms with Gasteiger partial charge < -0.3 is 15.1 Å². The molecule has 0 bridgehead atoms. The lowest BCUT2D eigenvalue weighted by Crippen LogP contribution is -2.15. The quantitative estimate of drug-likeness (QED) is 0.331. The highest BCUT2D eigenvalue weighted by molar-refractivity contribution is 6.29. The molecule has 5 aromatic rings. The molecule has 0 radical (unpaired) electrons. The van der Waals surface area contributed by atoms with Gasteiger partial charge in [0.1, 0.15) is 11.3 Å². The van der Waals surface area contributed by atoms with E-state index in [1.807, 2.05) is 0 Å². The molecule has 4 aromatic heterocycles. The van der Waals surface area contributed by atoms with E-state index < -0.39 is 17.8 Å². The number of benzene rings is 1. The van der Waals surface area contributed by atoms with Crippen molar-refractivity contribution in [3.8, 4) is 11.5 Å². The number of carbonyl (C=O) groups is 1. The van der Waals surface area contributed by atoms with Crippen molar-refractivity contribution >= 4 is 40.3 Å². The van der Waals surface area contributed by atoms with Crippen LogP contribution in [0.5, 0.6) is 0 Å². The number of rotatable bonds is 5. The Morgan fingerprint density at radius 1 is 1.03 bits per heavy atom. The van der Waals surface area contributed by atoms with E-state index in [1.165, 1.54) is 18.4 Å². The Kier molecular flexibility index (Phi) is 5.57. The highest BCUT2D eigenvalue weighted by atomic mass is 35.5. The standard InChI is InChI=1S/C22H13ClF3N7O2/c23-18-7-8-19(32-31-18)28-12-3-5-13(6-4-12)29-21(34)14-11-27-33-17(22(24,25)26)10-15(30-20(14)33)16-2-1-9-35-16/h1-11H,(H,28,32)(H,29,34). The fraction of sp³-hybridized carbons (Fsp3) is 0.0455. The Labute approximate surface area is 199 Å². The zero-order valence-electron chi connectivity index (χ0n) is 17.4. The summed E-state index contributed by atoms with van der Waals surface area (Å²) >= 11 is 5.72. The molecule has 1 amide bonds. The first-order valence-corrected chi connectivity index (χ1v) is 10.3. The number of halogens is 4. The van der Waals surface area contributed by atoms with Gasteiger partial charge in [-0.15, -0.1) is 10.2 Å². The lowest BCUT2D eigenvalue weighted by molar-refractivity contribution is -0.142. The molecular formula is C22H13ClF3N7O2. The highest BCUT2D eigenvalue weighted by Gasteiger charge is 2.36. The third kappa shape index (κ3) is 4.64. The summed E-state index contributed by atoms with van der Waals surface area (Å²) in [5, 5.41) is 17.3. The number of amides is 1. The summed E-state index contributed by atoms with van der Waals surface area (Å²) in [4.78, 5) is 17.1. The lowest BCUT2D eigenvalue weighted by atomic mass is 10.2. The van der Waals surface area contributed by atoms with Crippen molar-refractivity contribution < 1.29 is 22.4 Å². The van der Waals surface area contributed by atoms with Crippen LogP contribution in [0.2, 0.25) is 5.15 Å². The maximum atomic E-state index is 13.7. The monoisotopic (exact) mass is 499 g/mol. The van der Waals surface area contributed by atoms with Crippen molar-refractivity contribution in [3.63, 3.8) is 0 Å². The van der Waals surface area contributed by atoms with Crippen LogP contribution in [0.15, 0.2) is 71.5 Å². The highest BCUT2D eigenvalue weighted by Crippen LogP contribution is 2.33. The normalized spacial score (nSPS) is 11.5. The molecule has 5 rings (SSSR count). The first-order valence-electron chi connectivity index (χ1n) is 9.95. The number of furan rings is 1. The van der Waals surface area contributed by atoms with Crippen molar-refractivity contribution in [1.82, 2.24) is 24.8 Å². The smallest absolute Gasteiger partial charge is 0.433 e. The van der Waals surface area contributed by atoms with Crippen LogP contribution in [-0.2, 0) is 6.18 Å². The average Bonchev–Trinajstić information content (AvgIpc) is 3.51. The van der Waals surface area contributed by atoms with Gasteiger partial charge in [0.15, 0.2) is 28.1 Å². The number of fused-ring (bicyclic) bond motifs is 1. The fourth-order valence-electron chi connectivity index (χ4n) is 3.24. The van der Waals surface area contributed by atoms with Gasteiger partial charge in [-0.3, -0.25) is 4.79 Å². The van der Waals surface area contributed by atoms with Crippen molar-refractivity contribution in [2.75, 3.05) is 10.6 Å². The Morgan fingerprint density at radius 2 is 1.80 bits per heavy atom. The summed E-state index contributed by atoms with van der Waals surface area (Å²) in [7, 11) is 0. The minimum atomic E-state index is -4.74. The van der Waals surface area contributed by atoms with Crippen molar-refractivity contribution in [3.05, 3.63) is 83.5 Å². The predicted molar refractivity (Wildman–Crippen MR) is 120 cm³/mol. The molecule has 0 aliphatic rings. The van der Waals surface area contributed by atoms with Gasteiger partial charge in [0.05, 0.1) is 12.5 Å². The molecule has 35 heavy (non-hydrogen) atoms. The first-order chi connectivity index (χ1) is 16.8. The van der Waals surface area contributed by atoms with Gasteiger partial charge in [0.2, 0.25) is 0 Å². The SMILES string of the molecule is O=C(Nc1ccc(Nc2ccc(Cl)nn2)cc1)c1cnn2c(C(F)(F)F)cc(-c3ccco3)nc12. The summed E-state index contributed by atoms with van der Waals surface area (Å²) in [5.74, 6) is -0.0861. The largest absolute Gasteiger partial charge is 0.463 e. The maximum Gasteiger partial charge on any atom is 0.433 e. The lowest BCUT2D eigenvalue weighted by Gasteiger charge is -2.11. The van der Waals surface area contributed by atoms with Crippen LogP contribution in [0, 0.1) is 0 Å². The van der Waals surface area contributed by atoms with E-state index >= 15 is 0 Å². The second-order valence-electron chi connectivity index (χ2n) is 7.19. The van der Waals surface area contributed by atoms with Crippen LogP contribution >= 0.6 is 11.6 Å². The number of anilines is 3. The zero-order valence-corrected chi connectivity index (χ0v) is 18.2. The number of alkyl halides is 3. The molecule has 4 heterocycles. The molecule has 0 fully saturated rings. The average molecular weight is 500 g/mol. The summed E-state index contributed by atoms with van der Waals surface area (Å²) in [5.41, 5.74) is -0.500. The van der Waals surface area contributed by atoms with Gasteiger partial charge in [0.25, 0.3) is 5.91 Å². The molecule has 0 atom stereocenters. The Hall–Kier alpha value is -4.45. The topological polar surface area (TPSA) is 110 Å². The van der Waals surface area contributed by atoms with E-state index in [-0.39, 0.29) is 27.8 Å². The number of aromatic nitrogens is 5. The van der Waals surface area contributed by atoms with Gasteiger partial charge >= 0.3 is 6.18 Å². The molecule has 1 aromatic carbocycles. The molecular weight excluding hydrogens is 487 g/mol. The van der Waals surface area contributed by atoms with E-state index in [9.17, 15) is 18.0 Å². The summed E-state index contributed by atoms with van der Waals surface area (Å²) in [6.07, 6.45) is -2.38. The molecule has 13 heteroatoms. The molecule has 0 saturated heterocycles. The van der Waals surface area contributed by atoms with Crippen LogP contribution in [-0.4, -0.2) is 30.7 Å². The number of carbonyl (C=O) groups excluding carboxylic acids is 1. The molecule has 0 spiro atoms. The van der Waals surface area contributed by atoms with Crippen molar-refractivity contribution in [2.45, 2.75) is 6.18 Å². The predicted octanol–water partition coefficient (Wildman–Crippen LogP) is 5.45. The van der Waals surface area contributed by atoms with E-state index in [0.717, 1.165) is 12.3 Å². The number of nitrogens with zero attached hydrogens (tertiary/aromatic N) is 5. The molecule has 0 aliphatic heterocycles. The van der Waals surface area contributed by atoms with Crippen LogP contribution in [0.1, 0.15) is 16.1 Å². The van der Waals surface area contributed by atoms with Crippen LogP contribution in [0.4, 0.5) is 30.4 Å². The van der Waals surface area contributed by atoms with Gasteiger partial charge in [-0.1, -0.05) is 11.6 Å². The molecule has 0 aliphatic carbocycles. The number of hydrogen-bond donors (Lipinski definition) is 2. The second kappa shape index (κ2) is 8.72. The summed E-state index contributed by atoms with van der Waals surface area (Å²) in [6.45, 7) is 0. The molecule has 0 saturated carbocycles. The van der Waals surface area contributed by atoms with Crippen molar-refractivity contribution in [1.29, 1.82) is 0 Å². The molecule has 9 nitrogen and oxygen atoms in total. The van der Waals surface area contributed by atoms with Gasteiger partial charge in [0, 0.05) is 11.4 Å².